The van der Waals surface area contributed by atoms with Crippen LogP contribution in [0.1, 0.15) is 24.3 Å². The number of hydrogen-bond acceptors (Lipinski definition) is 6. The number of nitrogens with zero attached hydrogens (tertiary/aromatic N) is 2. The summed E-state index contributed by atoms with van der Waals surface area (Å²) < 4.78 is 18.2. The van der Waals surface area contributed by atoms with Gasteiger partial charge < -0.3 is 10.6 Å². The zero-order valence-corrected chi connectivity index (χ0v) is 10.6. The molecular formula is C12H14FN3O3. The van der Waals surface area contributed by atoms with Crippen molar-refractivity contribution in [1.82, 2.24) is 4.98 Å². The van der Waals surface area contributed by atoms with Crippen LogP contribution in [0.4, 0.5) is 4.39 Å². The fraction of sp³-hybridized carbons (Fsp3) is 0.333. The van der Waals surface area contributed by atoms with Crippen LogP contribution in [0.2, 0.25) is 0 Å². The minimum absolute atomic E-state index is 0.0877. The Hall–Kier alpha value is -2.31. The molecule has 0 bridgehead atoms. The Bertz CT molecular complexity index is 515. The molecule has 0 amide bonds. The zero-order chi connectivity index (χ0) is 14.4. The maximum absolute atomic E-state index is 13.4. The van der Waals surface area contributed by atoms with E-state index >= 15 is 0 Å². The highest BCUT2D eigenvalue weighted by Gasteiger charge is 2.27. The maximum atomic E-state index is 13.4. The molecular weight excluding hydrogens is 253 g/mol. The van der Waals surface area contributed by atoms with Crippen LogP contribution in [0.3, 0.4) is 0 Å². The second-order valence-electron chi connectivity index (χ2n) is 4.13. The number of nitrogens with two attached hydrogens (primary N) is 1. The fourth-order valence-corrected chi connectivity index (χ4v) is 1.18. The maximum Gasteiger partial charge on any atom is 0.362 e. The Kier molecular flexibility index (Phi) is 5.11. The van der Waals surface area contributed by atoms with Crippen LogP contribution < -0.4 is 5.84 Å². The molecule has 0 atom stereocenters. The van der Waals surface area contributed by atoms with Crippen molar-refractivity contribution in [3.63, 3.8) is 0 Å². The second-order valence-corrected chi connectivity index (χ2v) is 4.13. The highest BCUT2D eigenvalue weighted by Crippen LogP contribution is 2.06. The molecule has 0 unspecified atom stereocenters. The van der Waals surface area contributed by atoms with Gasteiger partial charge >= 0.3 is 5.97 Å². The van der Waals surface area contributed by atoms with Crippen LogP contribution in [0, 0.1) is 11.7 Å². The van der Waals surface area contributed by atoms with Gasteiger partial charge in [0.25, 0.3) is 0 Å². The number of aromatic nitrogens is 1. The van der Waals surface area contributed by atoms with Crippen LogP contribution in [-0.4, -0.2) is 29.1 Å². The lowest BCUT2D eigenvalue weighted by Gasteiger charge is -2.07. The molecule has 1 aromatic rings. The van der Waals surface area contributed by atoms with Gasteiger partial charge in [-0.25, -0.2) is 14.2 Å². The number of halogens is 1. The molecule has 19 heavy (non-hydrogen) atoms. The largest absolute Gasteiger partial charge is 0.461 e. The van der Waals surface area contributed by atoms with Gasteiger partial charge in [0, 0.05) is 6.20 Å². The lowest BCUT2D eigenvalue weighted by molar-refractivity contribution is -0.136. The van der Waals surface area contributed by atoms with Crippen molar-refractivity contribution in [1.29, 1.82) is 0 Å². The standard InChI is InChI=1S/C12H14FN3O3/c1-7(2)6-19-12(18)10(16-14)11(17)9-8(13)4-3-5-15-9/h3-5,7H,6,14H2,1-2H3/b16-10-. The van der Waals surface area contributed by atoms with Crippen LogP contribution in [0.25, 0.3) is 0 Å². The normalized spacial score (nSPS) is 11.5. The first kappa shape index (κ1) is 14.7. The van der Waals surface area contributed by atoms with E-state index in [0.29, 0.717) is 0 Å². The number of pyridine rings is 1. The van der Waals surface area contributed by atoms with Gasteiger partial charge in [-0.1, -0.05) is 13.8 Å². The molecule has 6 nitrogen and oxygen atoms in total. The van der Waals surface area contributed by atoms with Crippen molar-refractivity contribution in [2.24, 2.45) is 16.9 Å². The average Bonchev–Trinajstić information content (AvgIpc) is 2.37. The second kappa shape index (κ2) is 6.58. The predicted molar refractivity (Wildman–Crippen MR) is 65.9 cm³/mol. The van der Waals surface area contributed by atoms with Crippen molar-refractivity contribution >= 4 is 17.5 Å². The summed E-state index contributed by atoms with van der Waals surface area (Å²) in [4.78, 5) is 27.0. The van der Waals surface area contributed by atoms with E-state index in [4.69, 9.17) is 10.6 Å². The lowest BCUT2D eigenvalue weighted by Crippen LogP contribution is -2.30. The molecule has 0 fully saturated rings. The Morgan fingerprint density at radius 1 is 1.53 bits per heavy atom. The van der Waals surface area contributed by atoms with E-state index in [-0.39, 0.29) is 12.5 Å². The Labute approximate surface area is 109 Å². The van der Waals surface area contributed by atoms with Crippen molar-refractivity contribution in [2.75, 3.05) is 6.61 Å². The summed E-state index contributed by atoms with van der Waals surface area (Å²) in [5.74, 6) is 2.22. The summed E-state index contributed by atoms with van der Waals surface area (Å²) in [5, 5.41) is 3.07. The fourth-order valence-electron chi connectivity index (χ4n) is 1.18. The van der Waals surface area contributed by atoms with E-state index in [2.05, 4.69) is 10.1 Å². The molecule has 0 spiro atoms. The number of ketones is 1. The van der Waals surface area contributed by atoms with Crippen LogP contribution >= 0.6 is 0 Å². The third kappa shape index (κ3) is 3.84. The molecule has 0 aliphatic heterocycles. The van der Waals surface area contributed by atoms with Gasteiger partial charge in [-0.05, 0) is 18.1 Å². The molecule has 0 aliphatic carbocycles. The summed E-state index contributed by atoms with van der Waals surface area (Å²) in [6, 6.07) is 2.37. The van der Waals surface area contributed by atoms with E-state index in [9.17, 15) is 14.0 Å². The molecule has 0 saturated heterocycles. The Balaban J connectivity index is 2.90. The number of ether oxygens (including phenoxy) is 1. The zero-order valence-electron chi connectivity index (χ0n) is 10.6. The lowest BCUT2D eigenvalue weighted by atomic mass is 10.1. The van der Waals surface area contributed by atoms with Gasteiger partial charge in [0.15, 0.2) is 5.82 Å². The van der Waals surface area contributed by atoms with Crippen LogP contribution in [-0.2, 0) is 9.53 Å². The third-order valence-corrected chi connectivity index (χ3v) is 2.06. The number of hydrazone groups is 1. The topological polar surface area (TPSA) is 94.6 Å². The molecule has 0 aliphatic rings. The van der Waals surface area contributed by atoms with Crippen molar-refractivity contribution < 1.29 is 18.7 Å². The minimum Gasteiger partial charge on any atom is -0.461 e. The first-order valence-electron chi connectivity index (χ1n) is 5.57. The van der Waals surface area contributed by atoms with Gasteiger partial charge in [-0.3, -0.25) is 4.79 Å². The molecule has 2 N–H and O–H groups in total. The van der Waals surface area contributed by atoms with Crippen LogP contribution in [0.15, 0.2) is 23.4 Å². The summed E-state index contributed by atoms with van der Waals surface area (Å²) in [6.45, 7) is 3.76. The molecule has 7 heteroatoms. The predicted octanol–water partition coefficient (Wildman–Crippen LogP) is 0.917. The number of esters is 1. The van der Waals surface area contributed by atoms with E-state index in [1.54, 1.807) is 0 Å². The Morgan fingerprint density at radius 2 is 2.21 bits per heavy atom. The summed E-state index contributed by atoms with van der Waals surface area (Å²) in [6.07, 6.45) is 1.23. The summed E-state index contributed by atoms with van der Waals surface area (Å²) in [7, 11) is 0. The average molecular weight is 267 g/mol. The van der Waals surface area contributed by atoms with Crippen molar-refractivity contribution in [3.8, 4) is 0 Å². The smallest absolute Gasteiger partial charge is 0.362 e. The number of carbonyl (C=O) groups excluding carboxylic acids is 2. The minimum atomic E-state index is -1.01. The molecule has 1 rings (SSSR count). The summed E-state index contributed by atoms with van der Waals surface area (Å²) >= 11 is 0. The quantitative estimate of drug-likeness (QED) is 0.214. The highest BCUT2D eigenvalue weighted by atomic mass is 19.1. The first-order valence-corrected chi connectivity index (χ1v) is 5.57. The molecule has 0 saturated carbocycles. The van der Waals surface area contributed by atoms with E-state index in [0.717, 1.165) is 6.07 Å². The first-order chi connectivity index (χ1) is 8.97. The number of hydrogen-bond donors (Lipinski definition) is 1. The van der Waals surface area contributed by atoms with E-state index < -0.39 is 29.0 Å². The van der Waals surface area contributed by atoms with E-state index in [1.807, 2.05) is 13.8 Å². The van der Waals surface area contributed by atoms with Gasteiger partial charge in [0.1, 0.15) is 5.69 Å². The number of rotatable bonds is 5. The van der Waals surface area contributed by atoms with E-state index in [1.165, 1.54) is 12.3 Å². The monoisotopic (exact) mass is 267 g/mol. The van der Waals surface area contributed by atoms with Gasteiger partial charge in [-0.15, -0.1) is 0 Å². The van der Waals surface area contributed by atoms with Crippen molar-refractivity contribution in [3.05, 3.63) is 29.8 Å². The molecule has 0 aromatic carbocycles. The third-order valence-electron chi connectivity index (χ3n) is 2.06. The van der Waals surface area contributed by atoms with Gasteiger partial charge in [-0.2, -0.15) is 5.10 Å². The molecule has 102 valence electrons. The molecule has 1 heterocycles. The number of Topliss-reactive ketones (excluding diaryl/α,β-unsaturated/α-hetero) is 1. The van der Waals surface area contributed by atoms with Crippen LogP contribution in [0.5, 0.6) is 0 Å². The van der Waals surface area contributed by atoms with Gasteiger partial charge in [0.2, 0.25) is 11.5 Å². The van der Waals surface area contributed by atoms with Crippen molar-refractivity contribution in [2.45, 2.75) is 13.8 Å². The summed E-state index contributed by atoms with van der Waals surface area (Å²) in [5.41, 5.74) is -1.20. The molecule has 0 radical (unpaired) electrons. The Morgan fingerprint density at radius 3 is 2.74 bits per heavy atom. The SMILES string of the molecule is CC(C)COC(=O)/C(=N\N)C(=O)c1ncccc1F. The molecule has 1 aromatic heterocycles. The highest BCUT2D eigenvalue weighted by molar-refractivity contribution is 6.67. The van der Waals surface area contributed by atoms with Gasteiger partial charge in [0.05, 0.1) is 6.61 Å². The number of carbonyl (C=O) groups is 2.